The summed E-state index contributed by atoms with van der Waals surface area (Å²) in [5.74, 6) is 0.830. The zero-order valence-electron chi connectivity index (χ0n) is 15.4. The third-order valence-electron chi connectivity index (χ3n) is 5.24. The Kier molecular flexibility index (Phi) is 3.98. The van der Waals surface area contributed by atoms with E-state index in [2.05, 4.69) is 0 Å². The Morgan fingerprint density at radius 1 is 0.852 bits per heavy atom. The van der Waals surface area contributed by atoms with Gasteiger partial charge in [0.05, 0.1) is 43.1 Å². The van der Waals surface area contributed by atoms with Gasteiger partial charge in [0.2, 0.25) is 0 Å². The van der Waals surface area contributed by atoms with Crippen LogP contribution in [0.15, 0.2) is 18.2 Å². The topological polar surface area (TPSA) is 85.2 Å². The minimum absolute atomic E-state index is 0.0503. The third kappa shape index (κ3) is 2.22. The lowest BCUT2D eigenvalue weighted by atomic mass is 9.85. The minimum atomic E-state index is -0.189. The fraction of sp³-hybridized carbons (Fsp3) is 0.286. The van der Waals surface area contributed by atoms with Crippen molar-refractivity contribution in [1.82, 2.24) is 0 Å². The van der Waals surface area contributed by atoms with Gasteiger partial charge in [-0.15, -0.1) is 0 Å². The van der Waals surface area contributed by atoms with Gasteiger partial charge in [-0.05, 0) is 18.9 Å². The molecule has 0 bridgehead atoms. The van der Waals surface area contributed by atoms with Gasteiger partial charge in [-0.3, -0.25) is 4.79 Å². The van der Waals surface area contributed by atoms with Crippen molar-refractivity contribution >= 4 is 27.3 Å². The molecule has 0 unspecified atom stereocenters. The van der Waals surface area contributed by atoms with E-state index in [0.29, 0.717) is 58.2 Å². The number of carbonyl (C=O) groups is 1. The molecule has 0 aromatic heterocycles. The number of hydrogen-bond acceptors (Lipinski definition) is 6. The van der Waals surface area contributed by atoms with E-state index in [9.17, 15) is 15.0 Å². The fourth-order valence-corrected chi connectivity index (χ4v) is 4.11. The molecule has 140 valence electrons. The van der Waals surface area contributed by atoms with Crippen LogP contribution in [-0.2, 0) is 6.42 Å². The standard InChI is InChI=1S/C21H20O6/c1-25-13-9-5-7-11-15(13)21(27-3)17-16(20(11)26-2)18(23)10-6-4-8-12(22)14(10)19(17)24/h5,7,9,23-24H,4,6,8H2,1-3H3. The second-order valence-corrected chi connectivity index (χ2v) is 6.53. The van der Waals surface area contributed by atoms with Crippen molar-refractivity contribution in [3.05, 3.63) is 29.3 Å². The Labute approximate surface area is 155 Å². The Hall–Kier alpha value is -3.15. The summed E-state index contributed by atoms with van der Waals surface area (Å²) in [6, 6.07) is 5.42. The molecule has 2 N–H and O–H groups in total. The van der Waals surface area contributed by atoms with Crippen LogP contribution in [0.25, 0.3) is 21.5 Å². The summed E-state index contributed by atoms with van der Waals surface area (Å²) in [7, 11) is 4.52. The molecule has 0 saturated carbocycles. The number of hydrogen-bond donors (Lipinski definition) is 2. The quantitative estimate of drug-likeness (QED) is 0.538. The van der Waals surface area contributed by atoms with E-state index in [1.165, 1.54) is 14.2 Å². The maximum absolute atomic E-state index is 12.5. The van der Waals surface area contributed by atoms with Crippen LogP contribution in [0.1, 0.15) is 28.8 Å². The molecule has 0 spiro atoms. The first-order valence-corrected chi connectivity index (χ1v) is 8.69. The first-order valence-electron chi connectivity index (χ1n) is 8.69. The van der Waals surface area contributed by atoms with Crippen molar-refractivity contribution in [2.45, 2.75) is 19.3 Å². The highest BCUT2D eigenvalue weighted by molar-refractivity contribution is 6.20. The van der Waals surface area contributed by atoms with Crippen molar-refractivity contribution in [3.63, 3.8) is 0 Å². The van der Waals surface area contributed by atoms with E-state index in [1.807, 2.05) is 12.1 Å². The van der Waals surface area contributed by atoms with Crippen LogP contribution in [0.3, 0.4) is 0 Å². The van der Waals surface area contributed by atoms with E-state index < -0.39 is 0 Å². The molecule has 27 heavy (non-hydrogen) atoms. The summed E-state index contributed by atoms with van der Waals surface area (Å²) in [6.07, 6.45) is 1.48. The molecule has 0 amide bonds. The fourth-order valence-electron chi connectivity index (χ4n) is 4.11. The number of phenols is 2. The highest BCUT2D eigenvalue weighted by atomic mass is 16.5. The predicted molar refractivity (Wildman–Crippen MR) is 102 cm³/mol. The molecule has 6 heteroatoms. The van der Waals surface area contributed by atoms with Gasteiger partial charge in [-0.1, -0.05) is 12.1 Å². The molecular weight excluding hydrogens is 348 g/mol. The number of methoxy groups -OCH3 is 3. The summed E-state index contributed by atoms with van der Waals surface area (Å²) in [5.41, 5.74) is 0.625. The molecule has 0 radical (unpaired) electrons. The molecule has 3 aromatic carbocycles. The smallest absolute Gasteiger partial charge is 0.167 e. The number of fused-ring (bicyclic) bond motifs is 3. The van der Waals surface area contributed by atoms with Gasteiger partial charge in [0.15, 0.2) is 5.78 Å². The predicted octanol–water partition coefficient (Wildman–Crippen LogP) is 3.95. The molecule has 0 atom stereocenters. The zero-order chi connectivity index (χ0) is 19.3. The summed E-state index contributed by atoms with van der Waals surface area (Å²) < 4.78 is 16.7. The van der Waals surface area contributed by atoms with Crippen molar-refractivity contribution in [2.24, 2.45) is 0 Å². The monoisotopic (exact) mass is 368 g/mol. The Balaban J connectivity index is 2.35. The van der Waals surface area contributed by atoms with Gasteiger partial charge in [0.25, 0.3) is 0 Å². The van der Waals surface area contributed by atoms with Gasteiger partial charge in [0, 0.05) is 17.4 Å². The van der Waals surface area contributed by atoms with Crippen LogP contribution in [0.2, 0.25) is 0 Å². The number of ketones is 1. The lowest BCUT2D eigenvalue weighted by molar-refractivity contribution is 0.0969. The average molecular weight is 368 g/mol. The molecule has 0 aliphatic heterocycles. The summed E-state index contributed by atoms with van der Waals surface area (Å²) >= 11 is 0. The normalized spacial score (nSPS) is 13.7. The molecule has 1 aliphatic rings. The largest absolute Gasteiger partial charge is 0.507 e. The number of phenolic OH excluding ortho intramolecular Hbond substituents is 2. The second-order valence-electron chi connectivity index (χ2n) is 6.53. The number of Topliss-reactive ketones (excluding diaryl/α,β-unsaturated/α-hetero) is 1. The van der Waals surface area contributed by atoms with E-state index in [4.69, 9.17) is 14.2 Å². The number of aromatic hydroxyl groups is 2. The first-order chi connectivity index (χ1) is 13.0. The highest BCUT2D eigenvalue weighted by Gasteiger charge is 2.32. The van der Waals surface area contributed by atoms with Gasteiger partial charge >= 0.3 is 0 Å². The van der Waals surface area contributed by atoms with Gasteiger partial charge < -0.3 is 24.4 Å². The van der Waals surface area contributed by atoms with E-state index in [-0.39, 0.29) is 28.2 Å². The van der Waals surface area contributed by atoms with Crippen LogP contribution in [0.5, 0.6) is 28.7 Å². The zero-order valence-corrected chi connectivity index (χ0v) is 15.4. The molecule has 6 nitrogen and oxygen atoms in total. The van der Waals surface area contributed by atoms with Crippen LogP contribution in [0, 0.1) is 0 Å². The SMILES string of the molecule is COc1cccc2c(OC)c3c(O)c4c(c(O)c3c(OC)c12)C(=O)CCC4. The van der Waals surface area contributed by atoms with E-state index in [1.54, 1.807) is 13.2 Å². The maximum Gasteiger partial charge on any atom is 0.167 e. The Morgan fingerprint density at radius 3 is 2.22 bits per heavy atom. The van der Waals surface area contributed by atoms with Gasteiger partial charge in [-0.25, -0.2) is 0 Å². The number of carbonyl (C=O) groups excluding carboxylic acids is 1. The maximum atomic E-state index is 12.5. The molecule has 0 fully saturated rings. The van der Waals surface area contributed by atoms with Gasteiger partial charge in [-0.2, -0.15) is 0 Å². The molecule has 0 saturated heterocycles. The van der Waals surface area contributed by atoms with Crippen molar-refractivity contribution < 1.29 is 29.2 Å². The summed E-state index contributed by atoms with van der Waals surface area (Å²) in [6.45, 7) is 0. The molecule has 1 aliphatic carbocycles. The molecule has 0 heterocycles. The summed E-state index contributed by atoms with van der Waals surface area (Å²) in [4.78, 5) is 12.5. The van der Waals surface area contributed by atoms with Gasteiger partial charge in [0.1, 0.15) is 28.7 Å². The highest BCUT2D eigenvalue weighted by Crippen LogP contribution is 2.54. The molecule has 4 rings (SSSR count). The number of ether oxygens (including phenoxy) is 3. The molecule has 3 aromatic rings. The first kappa shape index (κ1) is 17.3. The molecular formula is C21H20O6. The lowest BCUT2D eigenvalue weighted by Gasteiger charge is -2.23. The van der Waals surface area contributed by atoms with E-state index in [0.717, 1.165) is 0 Å². The Bertz CT molecular complexity index is 1100. The van der Waals surface area contributed by atoms with Crippen LogP contribution < -0.4 is 14.2 Å². The van der Waals surface area contributed by atoms with Crippen molar-refractivity contribution in [2.75, 3.05) is 21.3 Å². The average Bonchev–Trinajstić information content (AvgIpc) is 2.69. The van der Waals surface area contributed by atoms with Crippen LogP contribution in [0.4, 0.5) is 0 Å². The number of rotatable bonds is 3. The van der Waals surface area contributed by atoms with Crippen LogP contribution >= 0.6 is 0 Å². The third-order valence-corrected chi connectivity index (χ3v) is 5.24. The summed E-state index contributed by atoms with van der Waals surface area (Å²) in [5, 5.41) is 23.9. The Morgan fingerprint density at radius 2 is 1.56 bits per heavy atom. The van der Waals surface area contributed by atoms with Crippen LogP contribution in [-0.4, -0.2) is 37.3 Å². The number of benzene rings is 3. The minimum Gasteiger partial charge on any atom is -0.507 e. The lowest BCUT2D eigenvalue weighted by Crippen LogP contribution is -2.12. The van der Waals surface area contributed by atoms with E-state index >= 15 is 0 Å². The van der Waals surface area contributed by atoms with Crippen molar-refractivity contribution in [3.8, 4) is 28.7 Å². The van der Waals surface area contributed by atoms with Crippen molar-refractivity contribution in [1.29, 1.82) is 0 Å². The second kappa shape index (κ2) is 6.23.